The summed E-state index contributed by atoms with van der Waals surface area (Å²) < 4.78 is 6.56. The Bertz CT molecular complexity index is 422. The van der Waals surface area contributed by atoms with Gasteiger partial charge in [-0.3, -0.25) is 4.79 Å². The SMILES string of the molecule is C[C@@H]1CCC[C@H](C)N1C(=O)COc1ccc(Br)cc1. The molecule has 0 unspecified atom stereocenters. The minimum Gasteiger partial charge on any atom is -0.484 e. The Morgan fingerprint density at radius 1 is 1.26 bits per heavy atom. The molecule has 1 saturated heterocycles. The van der Waals surface area contributed by atoms with E-state index >= 15 is 0 Å². The third-order valence-corrected chi connectivity index (χ3v) is 4.19. The van der Waals surface area contributed by atoms with Gasteiger partial charge >= 0.3 is 0 Å². The molecular weight excluding hydrogens is 306 g/mol. The lowest BCUT2D eigenvalue weighted by atomic mass is 9.97. The van der Waals surface area contributed by atoms with Crippen LogP contribution in [0.3, 0.4) is 0 Å². The molecule has 0 aliphatic carbocycles. The number of piperidine rings is 1. The van der Waals surface area contributed by atoms with Crippen molar-refractivity contribution < 1.29 is 9.53 Å². The quantitative estimate of drug-likeness (QED) is 0.849. The van der Waals surface area contributed by atoms with Crippen LogP contribution in [0.25, 0.3) is 0 Å². The minimum atomic E-state index is 0.0858. The van der Waals surface area contributed by atoms with Crippen molar-refractivity contribution in [1.29, 1.82) is 0 Å². The number of carbonyl (C=O) groups is 1. The molecule has 3 nitrogen and oxygen atoms in total. The smallest absolute Gasteiger partial charge is 0.260 e. The number of hydrogen-bond donors (Lipinski definition) is 0. The molecule has 104 valence electrons. The molecule has 0 aromatic heterocycles. The number of benzene rings is 1. The monoisotopic (exact) mass is 325 g/mol. The minimum absolute atomic E-state index is 0.0858. The molecule has 0 radical (unpaired) electrons. The second-order valence-corrected chi connectivity index (χ2v) is 6.09. The molecule has 0 N–H and O–H groups in total. The molecule has 1 fully saturated rings. The first-order valence-corrected chi connectivity index (χ1v) is 7.57. The Morgan fingerprint density at radius 2 is 1.84 bits per heavy atom. The van der Waals surface area contributed by atoms with Gasteiger partial charge in [-0.25, -0.2) is 0 Å². The van der Waals surface area contributed by atoms with Crippen LogP contribution in [-0.4, -0.2) is 29.5 Å². The summed E-state index contributed by atoms with van der Waals surface area (Å²) in [5, 5.41) is 0. The highest BCUT2D eigenvalue weighted by Gasteiger charge is 2.28. The molecule has 1 aromatic carbocycles. The molecule has 4 heteroatoms. The van der Waals surface area contributed by atoms with E-state index in [2.05, 4.69) is 29.8 Å². The lowest BCUT2D eigenvalue weighted by Gasteiger charge is -2.38. The number of halogens is 1. The van der Waals surface area contributed by atoms with Crippen molar-refractivity contribution in [1.82, 2.24) is 4.90 Å². The Hall–Kier alpha value is -1.03. The summed E-state index contributed by atoms with van der Waals surface area (Å²) in [7, 11) is 0. The van der Waals surface area contributed by atoms with Crippen molar-refractivity contribution in [2.24, 2.45) is 0 Å². The highest BCUT2D eigenvalue weighted by atomic mass is 79.9. The largest absolute Gasteiger partial charge is 0.484 e. The molecule has 2 atom stereocenters. The molecule has 1 aromatic rings. The number of rotatable bonds is 3. The van der Waals surface area contributed by atoms with Crippen LogP contribution in [0.5, 0.6) is 5.75 Å². The van der Waals surface area contributed by atoms with Crippen molar-refractivity contribution in [3.05, 3.63) is 28.7 Å². The van der Waals surface area contributed by atoms with Crippen LogP contribution in [0.4, 0.5) is 0 Å². The zero-order valence-electron chi connectivity index (χ0n) is 11.4. The van der Waals surface area contributed by atoms with E-state index in [0.717, 1.165) is 23.1 Å². The third-order valence-electron chi connectivity index (χ3n) is 3.66. The van der Waals surface area contributed by atoms with Gasteiger partial charge in [-0.2, -0.15) is 0 Å². The Balaban J connectivity index is 1.91. The normalized spacial score (nSPS) is 23.2. The van der Waals surface area contributed by atoms with Crippen molar-refractivity contribution in [3.8, 4) is 5.75 Å². The van der Waals surface area contributed by atoms with Gasteiger partial charge in [-0.05, 0) is 57.4 Å². The summed E-state index contributed by atoms with van der Waals surface area (Å²) in [6.07, 6.45) is 3.39. The fourth-order valence-corrected chi connectivity index (χ4v) is 2.93. The third kappa shape index (κ3) is 3.72. The van der Waals surface area contributed by atoms with E-state index in [1.807, 2.05) is 29.2 Å². The Morgan fingerprint density at radius 3 is 2.42 bits per heavy atom. The number of ether oxygens (including phenoxy) is 1. The Labute approximate surface area is 123 Å². The predicted molar refractivity (Wildman–Crippen MR) is 79.3 cm³/mol. The molecule has 1 amide bonds. The first-order valence-electron chi connectivity index (χ1n) is 6.77. The van der Waals surface area contributed by atoms with Gasteiger partial charge in [0.2, 0.25) is 0 Å². The van der Waals surface area contributed by atoms with Crippen molar-refractivity contribution in [2.45, 2.75) is 45.2 Å². The van der Waals surface area contributed by atoms with Crippen LogP contribution < -0.4 is 4.74 Å². The molecule has 1 aliphatic rings. The van der Waals surface area contributed by atoms with E-state index in [0.29, 0.717) is 12.1 Å². The summed E-state index contributed by atoms with van der Waals surface area (Å²) in [5.41, 5.74) is 0. The lowest BCUT2D eigenvalue weighted by Crippen LogP contribution is -2.49. The van der Waals surface area contributed by atoms with Gasteiger partial charge in [0.15, 0.2) is 6.61 Å². The maximum atomic E-state index is 12.3. The van der Waals surface area contributed by atoms with E-state index < -0.39 is 0 Å². The number of likely N-dealkylation sites (tertiary alicyclic amines) is 1. The zero-order valence-corrected chi connectivity index (χ0v) is 13.0. The summed E-state index contributed by atoms with van der Waals surface area (Å²) in [5.74, 6) is 0.816. The predicted octanol–water partition coefficient (Wildman–Crippen LogP) is 3.62. The maximum Gasteiger partial charge on any atom is 0.260 e. The number of amides is 1. The van der Waals surface area contributed by atoms with Gasteiger partial charge in [0.05, 0.1) is 0 Å². The number of carbonyl (C=O) groups excluding carboxylic acids is 1. The highest BCUT2D eigenvalue weighted by molar-refractivity contribution is 9.10. The summed E-state index contributed by atoms with van der Waals surface area (Å²) >= 11 is 3.37. The van der Waals surface area contributed by atoms with Crippen molar-refractivity contribution in [3.63, 3.8) is 0 Å². The first kappa shape index (κ1) is 14.4. The summed E-state index contributed by atoms with van der Waals surface area (Å²) in [6, 6.07) is 8.19. The van der Waals surface area contributed by atoms with Crippen LogP contribution >= 0.6 is 15.9 Å². The van der Waals surface area contributed by atoms with Gasteiger partial charge in [0.25, 0.3) is 5.91 Å². The maximum absolute atomic E-state index is 12.3. The lowest BCUT2D eigenvalue weighted by molar-refractivity contribution is -0.139. The first-order chi connectivity index (χ1) is 9.08. The molecule has 19 heavy (non-hydrogen) atoms. The highest BCUT2D eigenvalue weighted by Crippen LogP contribution is 2.23. The fraction of sp³-hybridized carbons (Fsp3) is 0.533. The molecule has 0 saturated carbocycles. The fourth-order valence-electron chi connectivity index (χ4n) is 2.66. The van der Waals surface area contributed by atoms with Gasteiger partial charge in [-0.1, -0.05) is 15.9 Å². The van der Waals surface area contributed by atoms with Crippen LogP contribution in [0.15, 0.2) is 28.7 Å². The number of hydrogen-bond acceptors (Lipinski definition) is 2. The molecule has 0 bridgehead atoms. The van der Waals surface area contributed by atoms with E-state index in [-0.39, 0.29) is 12.5 Å². The Kier molecular flexibility index (Phi) is 4.86. The standard InChI is InChI=1S/C15H20BrNO2/c1-11-4-3-5-12(2)17(11)15(18)10-19-14-8-6-13(16)7-9-14/h6-9,11-12H,3-5,10H2,1-2H3/t11-,12+. The second-order valence-electron chi connectivity index (χ2n) is 5.17. The molecule has 1 heterocycles. The molecular formula is C15H20BrNO2. The van der Waals surface area contributed by atoms with E-state index in [1.165, 1.54) is 6.42 Å². The van der Waals surface area contributed by atoms with Gasteiger partial charge in [0, 0.05) is 16.6 Å². The summed E-state index contributed by atoms with van der Waals surface area (Å²) in [6.45, 7) is 4.36. The van der Waals surface area contributed by atoms with Crippen LogP contribution in [-0.2, 0) is 4.79 Å². The zero-order chi connectivity index (χ0) is 13.8. The molecule has 2 rings (SSSR count). The van der Waals surface area contributed by atoms with E-state index in [9.17, 15) is 4.79 Å². The van der Waals surface area contributed by atoms with E-state index in [4.69, 9.17) is 4.74 Å². The van der Waals surface area contributed by atoms with Crippen LogP contribution in [0, 0.1) is 0 Å². The van der Waals surface area contributed by atoms with Crippen molar-refractivity contribution in [2.75, 3.05) is 6.61 Å². The molecule has 1 aliphatic heterocycles. The average Bonchev–Trinajstić information content (AvgIpc) is 2.38. The number of nitrogens with zero attached hydrogens (tertiary/aromatic N) is 1. The van der Waals surface area contributed by atoms with Crippen LogP contribution in [0.1, 0.15) is 33.1 Å². The van der Waals surface area contributed by atoms with Crippen molar-refractivity contribution >= 4 is 21.8 Å². The second kappa shape index (κ2) is 6.42. The summed E-state index contributed by atoms with van der Waals surface area (Å²) in [4.78, 5) is 14.2. The average molecular weight is 326 g/mol. The van der Waals surface area contributed by atoms with Crippen LogP contribution in [0.2, 0.25) is 0 Å². The van der Waals surface area contributed by atoms with Gasteiger partial charge < -0.3 is 9.64 Å². The van der Waals surface area contributed by atoms with Gasteiger partial charge in [-0.15, -0.1) is 0 Å². The van der Waals surface area contributed by atoms with E-state index in [1.54, 1.807) is 0 Å². The topological polar surface area (TPSA) is 29.5 Å². The van der Waals surface area contributed by atoms with Gasteiger partial charge in [0.1, 0.15) is 5.75 Å². The molecule has 0 spiro atoms.